The van der Waals surface area contributed by atoms with Gasteiger partial charge in [-0.2, -0.15) is 0 Å². The zero-order valence-electron chi connectivity index (χ0n) is 21.1. The summed E-state index contributed by atoms with van der Waals surface area (Å²) in [5.41, 5.74) is 0.257. The minimum Gasteiger partial charge on any atom is -0.393 e. The predicted molar refractivity (Wildman–Crippen MR) is 129 cm³/mol. The number of aliphatic hydroxyl groups is 2. The Kier molecular flexibility index (Phi) is 6.76. The van der Waals surface area contributed by atoms with Crippen LogP contribution in [0.2, 0.25) is 0 Å². The third kappa shape index (κ3) is 4.29. The van der Waals surface area contributed by atoms with Crippen molar-refractivity contribution < 1.29 is 23.4 Å². The van der Waals surface area contributed by atoms with Crippen molar-refractivity contribution in [2.75, 3.05) is 6.26 Å². The number of amides is 1. The van der Waals surface area contributed by atoms with Gasteiger partial charge in [0.15, 0.2) is 0 Å². The number of carbonyl (C=O) groups excluding carboxylic acids is 1. The first-order valence-electron chi connectivity index (χ1n) is 13.2. The molecule has 190 valence electrons. The molecule has 0 aromatic rings. The molecule has 1 amide bonds. The Bertz CT molecular complexity index is 861. The molecule has 7 heteroatoms. The van der Waals surface area contributed by atoms with Crippen LogP contribution in [-0.2, 0) is 14.8 Å². The van der Waals surface area contributed by atoms with Crippen molar-refractivity contribution in [3.8, 4) is 0 Å². The molecular weight excluding hydrogens is 438 g/mol. The maximum Gasteiger partial charge on any atom is 0.233 e. The Labute approximate surface area is 200 Å². The smallest absolute Gasteiger partial charge is 0.233 e. The average molecular weight is 484 g/mol. The Morgan fingerprint density at radius 3 is 2.30 bits per heavy atom. The molecular formula is C26H45NO5S. The summed E-state index contributed by atoms with van der Waals surface area (Å²) in [7, 11) is -3.54. The Morgan fingerprint density at radius 1 is 1.03 bits per heavy atom. The van der Waals surface area contributed by atoms with Crippen LogP contribution in [0.5, 0.6) is 0 Å². The molecule has 0 bridgehead atoms. The van der Waals surface area contributed by atoms with Crippen LogP contribution in [0.1, 0.15) is 85.5 Å². The Balaban J connectivity index is 1.58. The standard InChI is InChI=1S/C26H45NO5S/c1-6-17-21-14-16(28)9-11-26(21,4)20-10-12-25(3)18(7-8-19(25)23(20)24(17)30)15(2)13-22(29)27-33(5,31)32/h15-21,23-24,28,30H,6-14H2,1-5H3,(H,27,29)/t15?,16-,17-,18-,19+,20+,21+,23+,24-,25-,26-/m1/s1. The van der Waals surface area contributed by atoms with E-state index >= 15 is 0 Å². The van der Waals surface area contributed by atoms with E-state index in [4.69, 9.17) is 0 Å². The summed E-state index contributed by atoms with van der Waals surface area (Å²) in [6, 6.07) is 0. The topological polar surface area (TPSA) is 104 Å². The van der Waals surface area contributed by atoms with E-state index in [0.717, 1.165) is 57.6 Å². The van der Waals surface area contributed by atoms with Crippen molar-refractivity contribution in [1.82, 2.24) is 4.72 Å². The van der Waals surface area contributed by atoms with Gasteiger partial charge in [-0.1, -0.05) is 34.1 Å². The fraction of sp³-hybridized carbons (Fsp3) is 0.962. The van der Waals surface area contributed by atoms with Crippen molar-refractivity contribution in [3.63, 3.8) is 0 Å². The molecule has 0 aromatic heterocycles. The second kappa shape index (κ2) is 8.77. The maximum absolute atomic E-state index is 12.3. The van der Waals surface area contributed by atoms with E-state index in [1.54, 1.807) is 0 Å². The van der Waals surface area contributed by atoms with Gasteiger partial charge >= 0.3 is 0 Å². The highest BCUT2D eigenvalue weighted by Crippen LogP contribution is 2.69. The molecule has 3 N–H and O–H groups in total. The molecule has 1 unspecified atom stereocenters. The number of nitrogens with one attached hydrogen (secondary N) is 1. The lowest BCUT2D eigenvalue weighted by Crippen LogP contribution is -2.62. The fourth-order valence-electron chi connectivity index (χ4n) is 9.62. The van der Waals surface area contributed by atoms with Crippen LogP contribution >= 0.6 is 0 Å². The normalized spacial score (nSPS) is 48.3. The van der Waals surface area contributed by atoms with Gasteiger partial charge in [0.05, 0.1) is 18.5 Å². The zero-order chi connectivity index (χ0) is 24.3. The highest BCUT2D eigenvalue weighted by molar-refractivity contribution is 7.89. The predicted octanol–water partition coefficient (Wildman–Crippen LogP) is 3.72. The van der Waals surface area contributed by atoms with E-state index in [-0.39, 0.29) is 47.2 Å². The van der Waals surface area contributed by atoms with Gasteiger partial charge in [0.1, 0.15) is 0 Å². The summed E-state index contributed by atoms with van der Waals surface area (Å²) in [6.07, 6.45) is 8.74. The second-order valence-electron chi connectivity index (χ2n) is 12.6. The van der Waals surface area contributed by atoms with Gasteiger partial charge in [-0.3, -0.25) is 9.52 Å². The van der Waals surface area contributed by atoms with E-state index in [2.05, 4.69) is 32.4 Å². The minimum absolute atomic E-state index is 0.0720. The summed E-state index contributed by atoms with van der Waals surface area (Å²) in [6.45, 7) is 9.11. The molecule has 0 spiro atoms. The zero-order valence-corrected chi connectivity index (χ0v) is 21.9. The van der Waals surface area contributed by atoms with E-state index in [9.17, 15) is 23.4 Å². The van der Waals surface area contributed by atoms with Crippen LogP contribution in [0.25, 0.3) is 0 Å². The van der Waals surface area contributed by atoms with Gasteiger partial charge in [0.2, 0.25) is 15.9 Å². The second-order valence-corrected chi connectivity index (χ2v) is 14.3. The van der Waals surface area contributed by atoms with Gasteiger partial charge in [-0.25, -0.2) is 8.42 Å². The van der Waals surface area contributed by atoms with Crippen LogP contribution in [0, 0.1) is 52.3 Å². The molecule has 0 saturated heterocycles. The summed E-state index contributed by atoms with van der Waals surface area (Å²) < 4.78 is 25.1. The number of sulfonamides is 1. The molecule has 0 aromatic carbocycles. The van der Waals surface area contributed by atoms with E-state index in [1.807, 2.05) is 0 Å². The quantitative estimate of drug-likeness (QED) is 0.553. The van der Waals surface area contributed by atoms with Gasteiger partial charge in [-0.15, -0.1) is 0 Å². The first-order valence-corrected chi connectivity index (χ1v) is 15.1. The number of rotatable bonds is 5. The van der Waals surface area contributed by atoms with Crippen LogP contribution in [0.3, 0.4) is 0 Å². The van der Waals surface area contributed by atoms with E-state index < -0.39 is 15.9 Å². The lowest BCUT2D eigenvalue weighted by Gasteiger charge is -2.64. The number of hydrogen-bond donors (Lipinski definition) is 3. The Morgan fingerprint density at radius 2 is 1.67 bits per heavy atom. The summed E-state index contributed by atoms with van der Waals surface area (Å²) in [4.78, 5) is 12.3. The average Bonchev–Trinajstić information content (AvgIpc) is 3.05. The summed E-state index contributed by atoms with van der Waals surface area (Å²) in [5, 5.41) is 22.2. The first-order chi connectivity index (χ1) is 15.3. The summed E-state index contributed by atoms with van der Waals surface area (Å²) >= 11 is 0. The molecule has 6 nitrogen and oxygen atoms in total. The van der Waals surface area contributed by atoms with Crippen molar-refractivity contribution in [3.05, 3.63) is 0 Å². The molecule has 11 atom stereocenters. The van der Waals surface area contributed by atoms with Crippen LogP contribution < -0.4 is 4.72 Å². The molecule has 4 aliphatic rings. The lowest BCUT2D eigenvalue weighted by atomic mass is 9.41. The van der Waals surface area contributed by atoms with Crippen LogP contribution in [0.4, 0.5) is 0 Å². The molecule has 0 radical (unpaired) electrons. The lowest BCUT2D eigenvalue weighted by molar-refractivity contribution is -0.203. The number of carbonyl (C=O) groups is 1. The number of hydrogen-bond acceptors (Lipinski definition) is 5. The fourth-order valence-corrected chi connectivity index (χ4v) is 10.1. The Hall–Kier alpha value is -0.660. The monoisotopic (exact) mass is 483 g/mol. The van der Waals surface area contributed by atoms with Crippen molar-refractivity contribution >= 4 is 15.9 Å². The SMILES string of the molecule is CC[C@H]1[C@@H](O)[C@@H]2[C@H](CC[C@]3(C)[C@@H](C(C)CC(=O)NS(C)(=O)=O)CC[C@@H]23)[C@@]2(C)CC[C@@H](O)C[C@@H]12. The summed E-state index contributed by atoms with van der Waals surface area (Å²) in [5.74, 6) is 1.91. The molecule has 4 aliphatic carbocycles. The third-order valence-electron chi connectivity index (χ3n) is 11.0. The maximum atomic E-state index is 12.3. The molecule has 0 heterocycles. The minimum atomic E-state index is -3.54. The van der Waals surface area contributed by atoms with Gasteiger partial charge in [0.25, 0.3) is 0 Å². The number of fused-ring (bicyclic) bond motifs is 5. The van der Waals surface area contributed by atoms with Crippen LogP contribution in [0.15, 0.2) is 0 Å². The molecule has 4 saturated carbocycles. The largest absolute Gasteiger partial charge is 0.393 e. The highest BCUT2D eigenvalue weighted by atomic mass is 32.2. The highest BCUT2D eigenvalue weighted by Gasteiger charge is 2.64. The van der Waals surface area contributed by atoms with Crippen molar-refractivity contribution in [2.24, 2.45) is 52.3 Å². The molecule has 4 fully saturated rings. The van der Waals surface area contributed by atoms with Gasteiger partial charge < -0.3 is 10.2 Å². The third-order valence-corrected chi connectivity index (χ3v) is 11.6. The molecule has 4 rings (SSSR count). The van der Waals surface area contributed by atoms with Gasteiger partial charge in [-0.05, 0) is 97.2 Å². The van der Waals surface area contributed by atoms with Crippen molar-refractivity contribution in [2.45, 2.75) is 97.7 Å². The van der Waals surface area contributed by atoms with E-state index in [1.165, 1.54) is 0 Å². The molecule has 0 aliphatic heterocycles. The first kappa shape index (κ1) is 25.4. The van der Waals surface area contributed by atoms with Crippen LogP contribution in [-0.4, -0.2) is 43.0 Å². The number of aliphatic hydroxyl groups excluding tert-OH is 2. The molecule has 33 heavy (non-hydrogen) atoms. The van der Waals surface area contributed by atoms with E-state index in [0.29, 0.717) is 23.7 Å². The van der Waals surface area contributed by atoms with Crippen molar-refractivity contribution in [1.29, 1.82) is 0 Å². The van der Waals surface area contributed by atoms with Gasteiger partial charge in [0, 0.05) is 6.42 Å².